The number of halogens is 2. The lowest BCUT2D eigenvalue weighted by molar-refractivity contribution is -0.144. The van der Waals surface area contributed by atoms with Gasteiger partial charge >= 0.3 is 11.8 Å². The Hall–Kier alpha value is -2.51. The molecule has 2 amide bonds. The Balaban J connectivity index is 1.51. The number of nitrogens with one attached hydrogen (secondary N) is 1. The van der Waals surface area contributed by atoms with Crippen molar-refractivity contribution in [3.05, 3.63) is 58.6 Å². The number of amides is 2. The monoisotopic (exact) mass is 390 g/mol. The molecule has 8 heteroatoms. The number of hydrogen-bond acceptors (Lipinski definition) is 4. The van der Waals surface area contributed by atoms with Crippen molar-refractivity contribution >= 4 is 29.1 Å². The van der Waals surface area contributed by atoms with Crippen LogP contribution >= 0.6 is 11.6 Å². The Morgan fingerprint density at radius 3 is 2.56 bits per heavy atom. The minimum Gasteiger partial charge on any atom is -0.332 e. The molecule has 0 spiro atoms. The van der Waals surface area contributed by atoms with Crippen molar-refractivity contribution in [2.75, 3.05) is 31.5 Å². The maximum atomic E-state index is 13.1. The van der Waals surface area contributed by atoms with Crippen molar-refractivity contribution in [1.29, 1.82) is 0 Å². The van der Waals surface area contributed by atoms with E-state index in [4.69, 9.17) is 11.6 Å². The molecule has 0 aliphatic carbocycles. The zero-order valence-corrected chi connectivity index (χ0v) is 15.7. The normalized spacial score (nSPS) is 14.9. The predicted octanol–water partition coefficient (Wildman–Crippen LogP) is 2.47. The van der Waals surface area contributed by atoms with Crippen molar-refractivity contribution in [1.82, 2.24) is 14.8 Å². The highest BCUT2D eigenvalue weighted by atomic mass is 35.5. The van der Waals surface area contributed by atoms with Crippen LogP contribution < -0.4 is 5.32 Å². The second-order valence-corrected chi connectivity index (χ2v) is 6.85. The number of piperazine rings is 1. The minimum absolute atomic E-state index is 0.367. The van der Waals surface area contributed by atoms with Crippen LogP contribution in [0.25, 0.3) is 0 Å². The number of aryl methyl sites for hydroxylation is 1. The fraction of sp³-hybridized carbons (Fsp3) is 0.316. The molecule has 3 rings (SSSR count). The van der Waals surface area contributed by atoms with Crippen LogP contribution in [0.2, 0.25) is 5.02 Å². The Kier molecular flexibility index (Phi) is 6.03. The summed E-state index contributed by atoms with van der Waals surface area (Å²) in [7, 11) is 0. The quantitative estimate of drug-likeness (QED) is 0.818. The lowest BCUT2D eigenvalue weighted by Crippen LogP contribution is -2.51. The zero-order chi connectivity index (χ0) is 19.4. The van der Waals surface area contributed by atoms with Gasteiger partial charge < -0.3 is 10.2 Å². The number of rotatable bonds is 3. The Morgan fingerprint density at radius 1 is 1.19 bits per heavy atom. The van der Waals surface area contributed by atoms with Gasteiger partial charge in [-0.05, 0) is 36.8 Å². The van der Waals surface area contributed by atoms with Crippen LogP contribution in [0.15, 0.2) is 36.5 Å². The first kappa shape index (κ1) is 19.3. The summed E-state index contributed by atoms with van der Waals surface area (Å²) in [5.41, 5.74) is 2.16. The van der Waals surface area contributed by atoms with Crippen LogP contribution in [0.4, 0.5) is 10.1 Å². The number of benzene rings is 1. The smallest absolute Gasteiger partial charge is 0.313 e. The molecule has 1 aromatic heterocycles. The maximum Gasteiger partial charge on any atom is 0.313 e. The first-order valence-electron chi connectivity index (χ1n) is 8.61. The van der Waals surface area contributed by atoms with Gasteiger partial charge in [0, 0.05) is 43.4 Å². The van der Waals surface area contributed by atoms with E-state index in [1.165, 1.54) is 23.2 Å². The summed E-state index contributed by atoms with van der Waals surface area (Å²) in [6, 6.07) is 7.81. The molecule has 2 heterocycles. The van der Waals surface area contributed by atoms with Crippen molar-refractivity contribution in [2.45, 2.75) is 13.5 Å². The number of nitrogens with zero attached hydrogens (tertiary/aromatic N) is 3. The van der Waals surface area contributed by atoms with Crippen LogP contribution in [-0.2, 0) is 16.1 Å². The SMILES string of the molecule is Cc1ccc(NC(=O)C(=O)N2CCN(Cc3ccc(F)cc3Cl)CC2)cn1. The van der Waals surface area contributed by atoms with Crippen LogP contribution in [0.5, 0.6) is 0 Å². The molecule has 27 heavy (non-hydrogen) atoms. The minimum atomic E-state index is -0.671. The molecule has 2 aromatic rings. The van der Waals surface area contributed by atoms with E-state index >= 15 is 0 Å². The molecule has 0 radical (unpaired) electrons. The van der Waals surface area contributed by atoms with Gasteiger partial charge in [-0.3, -0.25) is 19.5 Å². The molecular formula is C19H20ClFN4O2. The van der Waals surface area contributed by atoms with E-state index in [0.29, 0.717) is 43.4 Å². The van der Waals surface area contributed by atoms with E-state index in [1.807, 2.05) is 6.92 Å². The first-order chi connectivity index (χ1) is 12.9. The van der Waals surface area contributed by atoms with Crippen LogP contribution in [0, 0.1) is 12.7 Å². The zero-order valence-electron chi connectivity index (χ0n) is 14.9. The molecule has 1 aliphatic heterocycles. The van der Waals surface area contributed by atoms with E-state index < -0.39 is 11.8 Å². The van der Waals surface area contributed by atoms with Gasteiger partial charge in [0.15, 0.2) is 0 Å². The molecule has 0 bridgehead atoms. The molecule has 6 nitrogen and oxygen atoms in total. The summed E-state index contributed by atoms with van der Waals surface area (Å²) in [5.74, 6) is -1.60. The van der Waals surface area contributed by atoms with Gasteiger partial charge in [0.2, 0.25) is 0 Å². The second-order valence-electron chi connectivity index (χ2n) is 6.45. The third kappa shape index (κ3) is 5.02. The molecule has 0 atom stereocenters. The van der Waals surface area contributed by atoms with E-state index in [9.17, 15) is 14.0 Å². The molecular weight excluding hydrogens is 371 g/mol. The first-order valence-corrected chi connectivity index (χ1v) is 8.99. The summed E-state index contributed by atoms with van der Waals surface area (Å²) in [6.07, 6.45) is 1.52. The topological polar surface area (TPSA) is 65.5 Å². The van der Waals surface area contributed by atoms with Gasteiger partial charge in [0.05, 0.1) is 11.9 Å². The number of anilines is 1. The number of aromatic nitrogens is 1. The standard InChI is InChI=1S/C19H20ClFN4O2/c1-13-2-5-16(11-22-13)23-18(26)19(27)25-8-6-24(7-9-25)12-14-3-4-15(21)10-17(14)20/h2-5,10-11H,6-9,12H2,1H3,(H,23,26). The number of pyridine rings is 1. The summed E-state index contributed by atoms with van der Waals surface area (Å²) >= 11 is 6.07. The third-order valence-corrected chi connectivity index (χ3v) is 4.78. The average Bonchev–Trinajstić information content (AvgIpc) is 2.66. The fourth-order valence-corrected chi connectivity index (χ4v) is 3.10. The largest absolute Gasteiger partial charge is 0.332 e. The predicted molar refractivity (Wildman–Crippen MR) is 101 cm³/mol. The van der Waals surface area contributed by atoms with Gasteiger partial charge in [-0.1, -0.05) is 17.7 Å². The van der Waals surface area contributed by atoms with Crippen molar-refractivity contribution in [2.24, 2.45) is 0 Å². The highest BCUT2D eigenvalue weighted by Gasteiger charge is 2.26. The molecule has 1 aliphatic rings. The summed E-state index contributed by atoms with van der Waals surface area (Å²) < 4.78 is 13.1. The molecule has 1 fully saturated rings. The van der Waals surface area contributed by atoms with Gasteiger partial charge in [-0.25, -0.2) is 4.39 Å². The van der Waals surface area contributed by atoms with Crippen LogP contribution in [0.3, 0.4) is 0 Å². The fourth-order valence-electron chi connectivity index (χ4n) is 2.87. The number of hydrogen-bond donors (Lipinski definition) is 1. The lowest BCUT2D eigenvalue weighted by Gasteiger charge is -2.34. The van der Waals surface area contributed by atoms with Crippen LogP contribution in [-0.4, -0.2) is 52.8 Å². The summed E-state index contributed by atoms with van der Waals surface area (Å²) in [5, 5.41) is 2.96. The average molecular weight is 391 g/mol. The third-order valence-electron chi connectivity index (χ3n) is 4.43. The second kappa shape index (κ2) is 8.45. The Morgan fingerprint density at radius 2 is 1.93 bits per heavy atom. The molecule has 1 N–H and O–H groups in total. The van der Waals surface area contributed by atoms with E-state index in [-0.39, 0.29) is 5.82 Å². The Labute approximate surface area is 161 Å². The lowest BCUT2D eigenvalue weighted by atomic mass is 10.2. The van der Waals surface area contributed by atoms with E-state index in [1.54, 1.807) is 18.2 Å². The molecule has 142 valence electrons. The maximum absolute atomic E-state index is 13.1. The van der Waals surface area contributed by atoms with Crippen LogP contribution in [0.1, 0.15) is 11.3 Å². The molecule has 1 aromatic carbocycles. The molecule has 0 unspecified atom stereocenters. The molecule has 0 saturated carbocycles. The summed E-state index contributed by atoms with van der Waals surface area (Å²) in [6.45, 7) is 4.52. The van der Waals surface area contributed by atoms with Gasteiger partial charge in [0.25, 0.3) is 0 Å². The summed E-state index contributed by atoms with van der Waals surface area (Å²) in [4.78, 5) is 32.2. The van der Waals surface area contributed by atoms with Gasteiger partial charge in [-0.2, -0.15) is 0 Å². The number of carbonyl (C=O) groups excluding carboxylic acids is 2. The molecule has 1 saturated heterocycles. The van der Waals surface area contributed by atoms with Crippen molar-refractivity contribution in [3.8, 4) is 0 Å². The van der Waals surface area contributed by atoms with E-state index in [0.717, 1.165) is 11.3 Å². The van der Waals surface area contributed by atoms with Gasteiger partial charge in [0.1, 0.15) is 5.82 Å². The van der Waals surface area contributed by atoms with Gasteiger partial charge in [-0.15, -0.1) is 0 Å². The highest BCUT2D eigenvalue weighted by Crippen LogP contribution is 2.19. The van der Waals surface area contributed by atoms with Crippen molar-refractivity contribution < 1.29 is 14.0 Å². The number of carbonyl (C=O) groups is 2. The van der Waals surface area contributed by atoms with Crippen molar-refractivity contribution in [3.63, 3.8) is 0 Å². The Bertz CT molecular complexity index is 836. The highest BCUT2D eigenvalue weighted by molar-refractivity contribution is 6.39. The van der Waals surface area contributed by atoms with E-state index in [2.05, 4.69) is 15.2 Å².